The molecule has 16 heavy (non-hydrogen) atoms. The van der Waals surface area contributed by atoms with E-state index in [9.17, 15) is 0 Å². The average molecular weight is 226 g/mol. The summed E-state index contributed by atoms with van der Waals surface area (Å²) in [6.45, 7) is 6.84. The van der Waals surface area contributed by atoms with Gasteiger partial charge in [-0.1, -0.05) is 0 Å². The lowest BCUT2D eigenvalue weighted by Crippen LogP contribution is -2.54. The quantitative estimate of drug-likeness (QED) is 0.739. The van der Waals surface area contributed by atoms with Gasteiger partial charge >= 0.3 is 0 Å². The number of nitrogens with one attached hydrogen (secondary N) is 1. The Morgan fingerprint density at radius 2 is 2.19 bits per heavy atom. The van der Waals surface area contributed by atoms with Crippen molar-refractivity contribution in [2.75, 3.05) is 46.0 Å². The number of rotatable bonds is 3. The van der Waals surface area contributed by atoms with E-state index in [-0.39, 0.29) is 0 Å². The lowest BCUT2D eigenvalue weighted by atomic mass is 10.1. The molecule has 0 spiro atoms. The van der Waals surface area contributed by atoms with Crippen molar-refractivity contribution < 1.29 is 9.47 Å². The molecule has 2 unspecified atom stereocenters. The molecule has 1 saturated carbocycles. The first-order chi connectivity index (χ1) is 7.92. The van der Waals surface area contributed by atoms with Crippen molar-refractivity contribution in [1.29, 1.82) is 0 Å². The maximum atomic E-state index is 5.70. The highest BCUT2D eigenvalue weighted by atomic mass is 16.6. The predicted molar refractivity (Wildman–Crippen MR) is 61.5 cm³/mol. The first-order valence-electron chi connectivity index (χ1n) is 6.57. The number of piperazine rings is 1. The van der Waals surface area contributed by atoms with E-state index in [1.165, 1.54) is 19.4 Å². The van der Waals surface area contributed by atoms with Gasteiger partial charge in [0.2, 0.25) is 0 Å². The van der Waals surface area contributed by atoms with Gasteiger partial charge in [0.1, 0.15) is 0 Å². The van der Waals surface area contributed by atoms with Crippen molar-refractivity contribution in [3.63, 3.8) is 0 Å². The molecule has 3 fully saturated rings. The van der Waals surface area contributed by atoms with Crippen LogP contribution in [0.4, 0.5) is 0 Å². The molecule has 0 aromatic rings. The Kier molecular flexibility index (Phi) is 3.43. The summed E-state index contributed by atoms with van der Waals surface area (Å²) in [5, 5.41) is 3.63. The van der Waals surface area contributed by atoms with E-state index < -0.39 is 0 Å². The topological polar surface area (TPSA) is 33.7 Å². The second kappa shape index (κ2) is 5.00. The maximum Gasteiger partial charge on any atom is 0.0936 e. The maximum absolute atomic E-state index is 5.70. The van der Waals surface area contributed by atoms with Gasteiger partial charge in [0.25, 0.3) is 0 Å². The third-order valence-electron chi connectivity index (χ3n) is 3.83. The molecule has 2 aliphatic heterocycles. The summed E-state index contributed by atoms with van der Waals surface area (Å²) >= 11 is 0. The van der Waals surface area contributed by atoms with E-state index in [2.05, 4.69) is 10.2 Å². The Morgan fingerprint density at radius 3 is 2.94 bits per heavy atom. The third-order valence-corrected chi connectivity index (χ3v) is 3.83. The summed E-state index contributed by atoms with van der Waals surface area (Å²) in [6, 6.07) is 0.734. The number of hydrogen-bond acceptors (Lipinski definition) is 4. The molecule has 2 saturated heterocycles. The van der Waals surface area contributed by atoms with E-state index >= 15 is 0 Å². The molecule has 3 rings (SSSR count). The van der Waals surface area contributed by atoms with Crippen molar-refractivity contribution in [3.05, 3.63) is 0 Å². The molecule has 0 bridgehead atoms. The minimum absolute atomic E-state index is 0.298. The van der Waals surface area contributed by atoms with Crippen LogP contribution in [0.5, 0.6) is 0 Å². The first-order valence-corrected chi connectivity index (χ1v) is 6.57. The lowest BCUT2D eigenvalue weighted by molar-refractivity contribution is -0.0991. The molecule has 2 heterocycles. The van der Waals surface area contributed by atoms with Gasteiger partial charge in [0, 0.05) is 32.2 Å². The normalized spacial score (nSPS) is 37.5. The van der Waals surface area contributed by atoms with Crippen LogP contribution in [0.3, 0.4) is 0 Å². The van der Waals surface area contributed by atoms with Gasteiger partial charge in [-0.15, -0.1) is 0 Å². The Bertz CT molecular complexity index is 227. The molecule has 0 aromatic heterocycles. The summed E-state index contributed by atoms with van der Waals surface area (Å²) in [6.07, 6.45) is 3.15. The van der Waals surface area contributed by atoms with Crippen molar-refractivity contribution in [3.8, 4) is 0 Å². The molecule has 3 aliphatic rings. The fourth-order valence-corrected chi connectivity index (χ4v) is 2.75. The standard InChI is InChI=1S/C12H22N2O2/c1-2-10(1)12-8-14(4-3-13-12)7-11-9-15-5-6-16-11/h10-13H,1-9H2. The monoisotopic (exact) mass is 226 g/mol. The molecule has 2 atom stereocenters. The van der Waals surface area contributed by atoms with Crippen molar-refractivity contribution in [2.45, 2.75) is 25.0 Å². The minimum atomic E-state index is 0.298. The fraction of sp³-hybridized carbons (Fsp3) is 1.00. The minimum Gasteiger partial charge on any atom is -0.376 e. The average Bonchev–Trinajstić information content (AvgIpc) is 3.15. The molecule has 4 nitrogen and oxygen atoms in total. The van der Waals surface area contributed by atoms with Crippen molar-refractivity contribution in [1.82, 2.24) is 10.2 Å². The van der Waals surface area contributed by atoms with Crippen LogP contribution in [0.15, 0.2) is 0 Å². The molecule has 0 amide bonds. The molecule has 1 N–H and O–H groups in total. The highest BCUT2D eigenvalue weighted by Crippen LogP contribution is 2.33. The van der Waals surface area contributed by atoms with Gasteiger partial charge in [-0.3, -0.25) is 4.90 Å². The molecule has 4 heteroatoms. The van der Waals surface area contributed by atoms with Gasteiger partial charge in [-0.2, -0.15) is 0 Å². The zero-order chi connectivity index (χ0) is 10.8. The van der Waals surface area contributed by atoms with Crippen LogP contribution >= 0.6 is 0 Å². The molecule has 0 radical (unpaired) electrons. The third kappa shape index (κ3) is 2.74. The molecular formula is C12H22N2O2. The number of hydrogen-bond donors (Lipinski definition) is 1. The summed E-state index contributed by atoms with van der Waals surface area (Å²) < 4.78 is 11.1. The summed E-state index contributed by atoms with van der Waals surface area (Å²) in [5.74, 6) is 0.950. The van der Waals surface area contributed by atoms with E-state index in [0.29, 0.717) is 6.10 Å². The van der Waals surface area contributed by atoms with Crippen LogP contribution in [0.25, 0.3) is 0 Å². The summed E-state index contributed by atoms with van der Waals surface area (Å²) in [4.78, 5) is 2.54. The molecule has 0 aromatic carbocycles. The van der Waals surface area contributed by atoms with Gasteiger partial charge in [-0.25, -0.2) is 0 Å². The highest BCUT2D eigenvalue weighted by molar-refractivity contribution is 4.91. The van der Waals surface area contributed by atoms with Crippen LogP contribution in [0, 0.1) is 5.92 Å². The van der Waals surface area contributed by atoms with Gasteiger partial charge in [0.15, 0.2) is 0 Å². The first kappa shape index (κ1) is 11.0. The summed E-state index contributed by atoms with van der Waals surface area (Å²) in [5.41, 5.74) is 0. The van der Waals surface area contributed by atoms with Crippen LogP contribution in [-0.4, -0.2) is 63.0 Å². The van der Waals surface area contributed by atoms with Gasteiger partial charge in [0.05, 0.1) is 25.9 Å². The van der Waals surface area contributed by atoms with Crippen LogP contribution in [0.2, 0.25) is 0 Å². The van der Waals surface area contributed by atoms with Gasteiger partial charge < -0.3 is 14.8 Å². The second-order valence-corrected chi connectivity index (χ2v) is 5.23. The SMILES string of the molecule is C1CN(CC2COCCO2)CC(C2CC2)N1. The largest absolute Gasteiger partial charge is 0.376 e. The van der Waals surface area contributed by atoms with E-state index in [1.807, 2.05) is 0 Å². The zero-order valence-electron chi connectivity index (χ0n) is 9.86. The van der Waals surface area contributed by atoms with Crippen LogP contribution in [0.1, 0.15) is 12.8 Å². The predicted octanol–water partition coefficient (Wildman–Crippen LogP) is 0.0856. The van der Waals surface area contributed by atoms with E-state index in [1.54, 1.807) is 0 Å². The smallest absolute Gasteiger partial charge is 0.0936 e. The zero-order valence-corrected chi connectivity index (χ0v) is 9.86. The van der Waals surface area contributed by atoms with Crippen molar-refractivity contribution >= 4 is 0 Å². The summed E-state index contributed by atoms with van der Waals surface area (Å²) in [7, 11) is 0. The van der Waals surface area contributed by atoms with E-state index in [0.717, 1.165) is 51.4 Å². The number of nitrogens with zero attached hydrogens (tertiary/aromatic N) is 1. The molecule has 92 valence electrons. The molecular weight excluding hydrogens is 204 g/mol. The fourth-order valence-electron chi connectivity index (χ4n) is 2.75. The lowest BCUT2D eigenvalue weighted by Gasteiger charge is -2.36. The Hall–Kier alpha value is -0.160. The van der Waals surface area contributed by atoms with Crippen molar-refractivity contribution in [2.24, 2.45) is 5.92 Å². The van der Waals surface area contributed by atoms with Crippen LogP contribution in [-0.2, 0) is 9.47 Å². The van der Waals surface area contributed by atoms with Crippen LogP contribution < -0.4 is 5.32 Å². The second-order valence-electron chi connectivity index (χ2n) is 5.23. The van der Waals surface area contributed by atoms with Gasteiger partial charge in [-0.05, 0) is 18.8 Å². The van der Waals surface area contributed by atoms with E-state index in [4.69, 9.17) is 9.47 Å². The Balaban J connectivity index is 1.46. The Morgan fingerprint density at radius 1 is 1.25 bits per heavy atom. The molecule has 1 aliphatic carbocycles. The number of ether oxygens (including phenoxy) is 2. The Labute approximate surface area is 97.3 Å². The highest BCUT2D eigenvalue weighted by Gasteiger charge is 2.34.